The molecule has 0 saturated heterocycles. The summed E-state index contributed by atoms with van der Waals surface area (Å²) in [4.78, 5) is 13.2. The van der Waals surface area contributed by atoms with Gasteiger partial charge in [0.2, 0.25) is 0 Å². The Morgan fingerprint density at radius 2 is 1.96 bits per heavy atom. The van der Waals surface area contributed by atoms with Gasteiger partial charge in [0.1, 0.15) is 5.69 Å². The molecule has 0 aliphatic heterocycles. The average molecular weight is 403 g/mol. The van der Waals surface area contributed by atoms with Crippen LogP contribution in [0.4, 0.5) is 13.2 Å². The molecule has 10 heteroatoms. The summed E-state index contributed by atoms with van der Waals surface area (Å²) < 4.78 is 39.9. The Kier molecular flexibility index (Phi) is 4.55. The van der Waals surface area contributed by atoms with Crippen LogP contribution in [-0.2, 0) is 12.7 Å². The van der Waals surface area contributed by atoms with Crippen LogP contribution in [0.25, 0.3) is 16.2 Å². The highest BCUT2D eigenvalue weighted by atomic mass is 32.1. The van der Waals surface area contributed by atoms with E-state index in [1.54, 1.807) is 6.07 Å². The second-order valence-electron chi connectivity index (χ2n) is 5.84. The van der Waals surface area contributed by atoms with E-state index < -0.39 is 17.6 Å². The molecule has 3 heterocycles. The predicted molar refractivity (Wildman–Crippen MR) is 96.7 cm³/mol. The molecule has 1 N–H and O–H groups in total. The quantitative estimate of drug-likeness (QED) is 0.563. The molecule has 0 aliphatic carbocycles. The number of hydrogen-bond donors (Lipinski definition) is 1. The monoisotopic (exact) mass is 403 g/mol. The van der Waals surface area contributed by atoms with Crippen molar-refractivity contribution in [3.8, 4) is 10.6 Å². The number of halogens is 3. The fraction of sp³-hybridized carbons (Fsp3) is 0.111. The van der Waals surface area contributed by atoms with Crippen molar-refractivity contribution in [1.29, 1.82) is 0 Å². The summed E-state index contributed by atoms with van der Waals surface area (Å²) in [6, 6.07) is 11.7. The molecule has 4 aromatic rings. The minimum Gasteiger partial charge on any atom is -0.345 e. The van der Waals surface area contributed by atoms with Gasteiger partial charge in [0, 0.05) is 5.56 Å². The molecular weight excluding hydrogens is 391 g/mol. The van der Waals surface area contributed by atoms with E-state index >= 15 is 0 Å². The molecule has 0 bridgehead atoms. The van der Waals surface area contributed by atoms with Gasteiger partial charge in [-0.2, -0.15) is 22.8 Å². The Morgan fingerprint density at radius 3 is 2.71 bits per heavy atom. The summed E-state index contributed by atoms with van der Waals surface area (Å²) in [5.74, 6) is -0.272. The highest BCUT2D eigenvalue weighted by molar-refractivity contribution is 7.13. The maximum atomic E-state index is 12.8. The first-order chi connectivity index (χ1) is 13.4. The lowest BCUT2D eigenvalue weighted by Crippen LogP contribution is -2.24. The van der Waals surface area contributed by atoms with Crippen molar-refractivity contribution in [1.82, 2.24) is 25.1 Å². The number of nitrogens with one attached hydrogen (secondary N) is 1. The van der Waals surface area contributed by atoms with Gasteiger partial charge >= 0.3 is 6.18 Å². The molecule has 0 spiro atoms. The third-order valence-corrected chi connectivity index (χ3v) is 4.85. The van der Waals surface area contributed by atoms with Crippen LogP contribution < -0.4 is 5.32 Å². The van der Waals surface area contributed by atoms with Crippen LogP contribution in [0, 0.1) is 0 Å². The van der Waals surface area contributed by atoms with E-state index in [9.17, 15) is 18.0 Å². The van der Waals surface area contributed by atoms with Crippen LogP contribution >= 0.6 is 11.3 Å². The number of amides is 1. The summed E-state index contributed by atoms with van der Waals surface area (Å²) in [6.07, 6.45) is -4.51. The molecule has 0 radical (unpaired) electrons. The molecule has 28 heavy (non-hydrogen) atoms. The summed E-state index contributed by atoms with van der Waals surface area (Å²) in [7, 11) is 0. The third-order valence-electron chi connectivity index (χ3n) is 3.96. The first kappa shape index (κ1) is 18.1. The molecule has 0 fully saturated rings. The van der Waals surface area contributed by atoms with E-state index in [0.29, 0.717) is 11.5 Å². The maximum Gasteiger partial charge on any atom is 0.416 e. The zero-order valence-electron chi connectivity index (χ0n) is 14.1. The molecule has 0 atom stereocenters. The number of aromatic nitrogens is 4. The fourth-order valence-corrected chi connectivity index (χ4v) is 3.29. The maximum absolute atomic E-state index is 12.8. The number of benzene rings is 1. The van der Waals surface area contributed by atoms with E-state index in [1.807, 2.05) is 23.6 Å². The molecule has 142 valence electrons. The number of hydrogen-bond acceptors (Lipinski definition) is 5. The smallest absolute Gasteiger partial charge is 0.345 e. The molecule has 3 aromatic heterocycles. The third kappa shape index (κ3) is 3.58. The van der Waals surface area contributed by atoms with E-state index in [1.165, 1.54) is 28.0 Å². The highest BCUT2D eigenvalue weighted by Gasteiger charge is 2.30. The number of thiophene rings is 1. The molecule has 6 nitrogen and oxygen atoms in total. The van der Waals surface area contributed by atoms with Crippen molar-refractivity contribution in [3.05, 3.63) is 70.9 Å². The van der Waals surface area contributed by atoms with Gasteiger partial charge in [0.15, 0.2) is 11.5 Å². The molecule has 0 saturated carbocycles. The number of nitrogens with zero attached hydrogens (tertiary/aromatic N) is 4. The number of rotatable bonds is 4. The zero-order chi connectivity index (χ0) is 19.7. The standard InChI is InChI=1S/C18H12F3N5OS/c19-18(20,21)12-4-1-3-11(9-12)17(27)22-10-16-24-23-15-7-6-13(25-26(15)16)14-5-2-8-28-14/h1-9H,10H2,(H,22,27). The van der Waals surface area contributed by atoms with Gasteiger partial charge in [-0.25, -0.2) is 0 Å². The molecular formula is C18H12F3N5OS. The Balaban J connectivity index is 1.54. The van der Waals surface area contributed by atoms with Crippen LogP contribution in [0.5, 0.6) is 0 Å². The molecule has 1 aromatic carbocycles. The van der Waals surface area contributed by atoms with Crippen molar-refractivity contribution in [2.75, 3.05) is 0 Å². The first-order valence-electron chi connectivity index (χ1n) is 8.12. The van der Waals surface area contributed by atoms with Crippen LogP contribution in [-0.4, -0.2) is 25.7 Å². The Bertz CT molecular complexity index is 1140. The number of alkyl halides is 3. The lowest BCUT2D eigenvalue weighted by molar-refractivity contribution is -0.137. The van der Waals surface area contributed by atoms with Crippen LogP contribution in [0.3, 0.4) is 0 Å². The predicted octanol–water partition coefficient (Wildman–Crippen LogP) is 3.80. The Morgan fingerprint density at radius 1 is 1.11 bits per heavy atom. The fourth-order valence-electron chi connectivity index (χ4n) is 2.60. The van der Waals surface area contributed by atoms with E-state index in [4.69, 9.17) is 0 Å². The zero-order valence-corrected chi connectivity index (χ0v) is 15.0. The second-order valence-corrected chi connectivity index (χ2v) is 6.79. The van der Waals surface area contributed by atoms with Gasteiger partial charge in [0.05, 0.1) is 17.0 Å². The second kappa shape index (κ2) is 7.04. The van der Waals surface area contributed by atoms with Gasteiger partial charge in [-0.1, -0.05) is 12.1 Å². The topological polar surface area (TPSA) is 72.2 Å². The minimum atomic E-state index is -4.51. The average Bonchev–Trinajstić information content (AvgIpc) is 3.35. The lowest BCUT2D eigenvalue weighted by Gasteiger charge is -2.09. The summed E-state index contributed by atoms with van der Waals surface area (Å²) >= 11 is 1.53. The van der Waals surface area contributed by atoms with Gasteiger partial charge < -0.3 is 5.32 Å². The number of carbonyl (C=O) groups is 1. The van der Waals surface area contributed by atoms with E-state index in [2.05, 4.69) is 20.6 Å². The van der Waals surface area contributed by atoms with E-state index in [0.717, 1.165) is 22.7 Å². The Hall–Kier alpha value is -3.27. The van der Waals surface area contributed by atoms with Crippen molar-refractivity contribution < 1.29 is 18.0 Å². The van der Waals surface area contributed by atoms with Crippen LogP contribution in [0.15, 0.2) is 53.9 Å². The Labute approximate surface area is 160 Å². The van der Waals surface area contributed by atoms with Gasteiger partial charge in [-0.3, -0.25) is 4.79 Å². The summed E-state index contributed by atoms with van der Waals surface area (Å²) in [5, 5.41) is 17.0. The van der Waals surface area contributed by atoms with Gasteiger partial charge in [-0.15, -0.1) is 21.5 Å². The lowest BCUT2D eigenvalue weighted by atomic mass is 10.1. The molecule has 1 amide bonds. The van der Waals surface area contributed by atoms with Crippen molar-refractivity contribution in [2.45, 2.75) is 12.7 Å². The van der Waals surface area contributed by atoms with Crippen molar-refractivity contribution >= 4 is 22.9 Å². The first-order valence-corrected chi connectivity index (χ1v) is 9.00. The summed E-state index contributed by atoms with van der Waals surface area (Å²) in [5.41, 5.74) is 0.266. The minimum absolute atomic E-state index is 0.0306. The largest absolute Gasteiger partial charge is 0.416 e. The van der Waals surface area contributed by atoms with Gasteiger partial charge in [0.25, 0.3) is 5.91 Å². The SMILES string of the molecule is O=C(NCc1nnc2ccc(-c3cccs3)nn12)c1cccc(C(F)(F)F)c1. The number of fused-ring (bicyclic) bond motifs is 1. The summed E-state index contributed by atoms with van der Waals surface area (Å²) in [6.45, 7) is -0.0306. The van der Waals surface area contributed by atoms with Crippen LogP contribution in [0.2, 0.25) is 0 Å². The molecule has 4 rings (SSSR count). The van der Waals surface area contributed by atoms with Crippen LogP contribution in [0.1, 0.15) is 21.7 Å². The van der Waals surface area contributed by atoms with Gasteiger partial charge in [-0.05, 0) is 41.8 Å². The van der Waals surface area contributed by atoms with Crippen molar-refractivity contribution in [3.63, 3.8) is 0 Å². The molecule has 0 aliphatic rings. The highest BCUT2D eigenvalue weighted by Crippen LogP contribution is 2.29. The normalized spacial score (nSPS) is 11.7. The van der Waals surface area contributed by atoms with Crippen molar-refractivity contribution in [2.24, 2.45) is 0 Å². The molecule has 0 unspecified atom stereocenters. The van der Waals surface area contributed by atoms with E-state index in [-0.39, 0.29) is 12.1 Å². The number of carbonyl (C=O) groups excluding carboxylic acids is 1.